The number of carbonyl (C=O) groups excluding carboxylic acids is 6. The second-order valence-electron chi connectivity index (χ2n) is 13.2. The minimum atomic E-state index is -2.94. The summed E-state index contributed by atoms with van der Waals surface area (Å²) < 4.78 is 51.3. The molecular formula is C31H36F4N6O8. The number of hydroxylamine groups is 4. The van der Waals surface area contributed by atoms with E-state index in [2.05, 4.69) is 10.6 Å². The van der Waals surface area contributed by atoms with Crippen molar-refractivity contribution < 1.29 is 56.4 Å². The van der Waals surface area contributed by atoms with Crippen LogP contribution in [-0.2, 0) is 30.6 Å². The maximum absolute atomic E-state index is 12.9. The fourth-order valence-corrected chi connectivity index (χ4v) is 6.67. The summed E-state index contributed by atoms with van der Waals surface area (Å²) >= 11 is 0. The Morgan fingerprint density at radius 1 is 0.755 bits per heavy atom. The lowest BCUT2D eigenvalue weighted by Gasteiger charge is -2.29. The summed E-state index contributed by atoms with van der Waals surface area (Å²) in [5.74, 6) is -10.9. The van der Waals surface area contributed by atoms with E-state index < -0.39 is 97.1 Å². The molecule has 6 aliphatic rings. The first-order valence-corrected chi connectivity index (χ1v) is 16.1. The van der Waals surface area contributed by atoms with Gasteiger partial charge in [0.15, 0.2) is 11.6 Å². The largest absolute Gasteiger partial charge is 0.347 e. The lowest BCUT2D eigenvalue weighted by molar-refractivity contribution is -0.140. The van der Waals surface area contributed by atoms with Gasteiger partial charge in [-0.3, -0.25) is 29.2 Å². The van der Waals surface area contributed by atoms with E-state index in [1.165, 1.54) is 14.9 Å². The van der Waals surface area contributed by atoms with Crippen LogP contribution in [0.5, 0.6) is 0 Å². The Morgan fingerprint density at radius 2 is 1.22 bits per heavy atom. The third kappa shape index (κ3) is 7.20. The molecule has 1 aromatic rings. The van der Waals surface area contributed by atoms with Crippen molar-refractivity contribution in [3.63, 3.8) is 0 Å². The van der Waals surface area contributed by atoms with E-state index in [0.717, 1.165) is 5.56 Å². The number of Topliss-reactive ketones (excluding diaryl/α,β-unsaturated/α-hetero) is 2. The molecule has 2 saturated carbocycles. The highest BCUT2D eigenvalue weighted by Crippen LogP contribution is 2.49. The van der Waals surface area contributed by atoms with Crippen LogP contribution < -0.4 is 10.6 Å². The number of benzene rings is 1. The molecule has 0 aromatic heterocycles. The number of rotatable bonds is 11. The molecule has 4 bridgehead atoms. The summed E-state index contributed by atoms with van der Waals surface area (Å²) in [7, 11) is 0. The number of urea groups is 2. The van der Waals surface area contributed by atoms with Gasteiger partial charge in [-0.15, -0.1) is 0 Å². The average Bonchev–Trinajstić information content (AvgIpc) is 3.90. The Labute approximate surface area is 277 Å². The number of nitrogens with one attached hydrogen (secondary N) is 2. The van der Waals surface area contributed by atoms with Crippen molar-refractivity contribution in [1.29, 1.82) is 0 Å². The molecule has 6 fully saturated rings. The molecule has 266 valence electrons. The standard InChI is InChI=1S/C19H21F2N3O4.C12H15F2N3O4/c20-19(21)8-14(19)16(25)9-22-17(26)15-7-6-13-10-23(15)18(27)24(13)28-11-12-4-2-1-3-5-12;13-12(14)3-7(12)9(18)4-15-10(19)8-2-1-6-5-16(8)11(20)17(6)21/h1-5,13-15H,6-11H2,(H,22,26);6-8,21H,1-5H2,(H,15,19)/t13-,14?,15+;6-,7?,8+/m11/s1. The van der Waals surface area contributed by atoms with Crippen LogP contribution in [0.25, 0.3) is 0 Å². The lowest BCUT2D eigenvalue weighted by Crippen LogP contribution is -2.50. The predicted octanol–water partition coefficient (Wildman–Crippen LogP) is 1.71. The molecule has 3 N–H and O–H groups in total. The van der Waals surface area contributed by atoms with Gasteiger partial charge in [0, 0.05) is 25.9 Å². The first-order valence-electron chi connectivity index (χ1n) is 16.1. The highest BCUT2D eigenvalue weighted by Gasteiger charge is 2.61. The molecule has 49 heavy (non-hydrogen) atoms. The van der Waals surface area contributed by atoms with Gasteiger partial charge in [-0.1, -0.05) is 30.3 Å². The molecule has 0 radical (unpaired) electrons. The highest BCUT2D eigenvalue weighted by atomic mass is 19.3. The van der Waals surface area contributed by atoms with Crippen LogP contribution >= 0.6 is 0 Å². The number of halogens is 4. The fraction of sp³-hybridized carbons (Fsp3) is 0.613. The van der Waals surface area contributed by atoms with Gasteiger partial charge >= 0.3 is 12.1 Å². The number of amides is 6. The van der Waals surface area contributed by atoms with Gasteiger partial charge < -0.3 is 20.4 Å². The zero-order chi connectivity index (χ0) is 35.2. The summed E-state index contributed by atoms with van der Waals surface area (Å²) in [4.78, 5) is 80.3. The number of alkyl halides is 4. The highest BCUT2D eigenvalue weighted by molar-refractivity contribution is 5.94. The van der Waals surface area contributed by atoms with Crippen LogP contribution in [0.1, 0.15) is 44.1 Å². The van der Waals surface area contributed by atoms with Crippen LogP contribution in [0.2, 0.25) is 0 Å². The molecule has 4 saturated heterocycles. The molecule has 7 rings (SSSR count). The van der Waals surface area contributed by atoms with Crippen LogP contribution in [0.15, 0.2) is 30.3 Å². The van der Waals surface area contributed by atoms with Crippen molar-refractivity contribution >= 4 is 35.4 Å². The van der Waals surface area contributed by atoms with Gasteiger partial charge in [-0.2, -0.15) is 5.06 Å². The van der Waals surface area contributed by atoms with Gasteiger partial charge in [0.2, 0.25) is 11.8 Å². The quantitative estimate of drug-likeness (QED) is 0.232. The van der Waals surface area contributed by atoms with E-state index in [4.69, 9.17) is 4.84 Å². The number of hydrogen-bond donors (Lipinski definition) is 3. The van der Waals surface area contributed by atoms with Gasteiger partial charge in [0.1, 0.15) is 18.7 Å². The summed E-state index contributed by atoms with van der Waals surface area (Å²) in [6, 6.07) is 6.47. The Kier molecular flexibility index (Phi) is 9.29. The Bertz CT molecular complexity index is 1520. The third-order valence-electron chi connectivity index (χ3n) is 9.79. The van der Waals surface area contributed by atoms with Gasteiger partial charge in [-0.25, -0.2) is 32.2 Å². The van der Waals surface area contributed by atoms with Gasteiger partial charge in [0.25, 0.3) is 11.8 Å². The number of ketones is 2. The normalized spacial score (nSPS) is 30.0. The molecule has 1 aromatic carbocycles. The van der Waals surface area contributed by atoms with E-state index in [9.17, 15) is 51.5 Å². The molecule has 18 heteroatoms. The van der Waals surface area contributed by atoms with E-state index >= 15 is 0 Å². The molecule has 4 heterocycles. The Hall–Kier alpha value is -4.32. The molecule has 14 nitrogen and oxygen atoms in total. The van der Waals surface area contributed by atoms with Crippen LogP contribution in [-0.4, -0.2) is 123 Å². The maximum Gasteiger partial charge on any atom is 0.345 e. The summed E-state index contributed by atoms with van der Waals surface area (Å²) in [6.07, 6.45) is 0.950. The number of fused-ring (bicyclic) bond motifs is 4. The number of carbonyl (C=O) groups is 6. The van der Waals surface area contributed by atoms with Crippen molar-refractivity contribution in [2.75, 3.05) is 26.2 Å². The zero-order valence-corrected chi connectivity index (χ0v) is 26.2. The van der Waals surface area contributed by atoms with Gasteiger partial charge in [-0.05, 0) is 31.2 Å². The smallest absolute Gasteiger partial charge is 0.345 e. The second-order valence-corrected chi connectivity index (χ2v) is 13.2. The van der Waals surface area contributed by atoms with Crippen molar-refractivity contribution in [2.24, 2.45) is 11.8 Å². The lowest BCUT2D eigenvalue weighted by atomic mass is 10.0. The second kappa shape index (κ2) is 13.2. The van der Waals surface area contributed by atoms with Crippen molar-refractivity contribution in [1.82, 2.24) is 30.6 Å². The summed E-state index contributed by atoms with van der Waals surface area (Å²) in [5, 5.41) is 16.2. The van der Waals surface area contributed by atoms with E-state index in [1.54, 1.807) is 0 Å². The van der Waals surface area contributed by atoms with E-state index in [0.29, 0.717) is 37.3 Å². The molecular weight excluding hydrogens is 660 g/mol. The Morgan fingerprint density at radius 3 is 1.73 bits per heavy atom. The SMILES string of the molecule is O=C(CNC(=O)[C@@H]1CC[C@@H]2CN1C(=O)N2O)C1CC1(F)F.O=C(CNC(=O)[C@@H]1CC[C@@H]2CN1C(=O)N2OCc1ccccc1)C1CC1(F)F. The molecule has 2 unspecified atom stereocenters. The van der Waals surface area contributed by atoms with Crippen molar-refractivity contribution in [3.8, 4) is 0 Å². The topological polar surface area (TPSA) is 169 Å². The molecule has 6 amide bonds. The van der Waals surface area contributed by atoms with Crippen LogP contribution in [0.3, 0.4) is 0 Å². The minimum Gasteiger partial charge on any atom is -0.347 e. The van der Waals surface area contributed by atoms with Crippen LogP contribution in [0.4, 0.5) is 27.2 Å². The number of hydrogen-bond acceptors (Lipinski definition) is 8. The molecule has 4 aliphatic heterocycles. The summed E-state index contributed by atoms with van der Waals surface area (Å²) in [5.41, 5.74) is 0.927. The van der Waals surface area contributed by atoms with Crippen molar-refractivity contribution in [2.45, 2.75) is 81.1 Å². The number of piperidine rings is 2. The van der Waals surface area contributed by atoms with E-state index in [-0.39, 0.29) is 25.2 Å². The molecule has 0 spiro atoms. The minimum absolute atomic E-state index is 0.132. The first-order chi connectivity index (χ1) is 23.2. The van der Waals surface area contributed by atoms with Crippen LogP contribution in [0, 0.1) is 11.8 Å². The molecule has 6 atom stereocenters. The summed E-state index contributed by atoms with van der Waals surface area (Å²) in [6.45, 7) is -0.0283. The van der Waals surface area contributed by atoms with E-state index in [1.807, 2.05) is 30.3 Å². The first kappa shape index (κ1) is 34.5. The fourth-order valence-electron chi connectivity index (χ4n) is 6.67. The van der Waals surface area contributed by atoms with Gasteiger partial charge in [0.05, 0.1) is 37.0 Å². The average molecular weight is 697 g/mol. The third-order valence-corrected chi connectivity index (χ3v) is 9.79. The number of nitrogens with zero attached hydrogens (tertiary/aromatic N) is 4. The Balaban J connectivity index is 0.000000177. The predicted molar refractivity (Wildman–Crippen MR) is 157 cm³/mol. The zero-order valence-electron chi connectivity index (χ0n) is 26.2. The molecule has 2 aliphatic carbocycles. The maximum atomic E-state index is 12.9. The van der Waals surface area contributed by atoms with Crippen molar-refractivity contribution in [3.05, 3.63) is 35.9 Å². The monoisotopic (exact) mass is 696 g/mol.